The minimum absolute atomic E-state index is 0.165. The van der Waals surface area contributed by atoms with Gasteiger partial charge in [-0.2, -0.15) is 0 Å². The Hall–Kier alpha value is -2.35. The largest absolute Gasteiger partial charge is 0.481 e. The van der Waals surface area contributed by atoms with Gasteiger partial charge in [-0.3, -0.25) is 9.69 Å². The van der Waals surface area contributed by atoms with Crippen LogP contribution in [0.15, 0.2) is 36.4 Å². The predicted molar refractivity (Wildman–Crippen MR) is 99.9 cm³/mol. The summed E-state index contributed by atoms with van der Waals surface area (Å²) < 4.78 is 0. The fraction of sp³-hybridized carbons (Fsp3) is 0.333. The van der Waals surface area contributed by atoms with Crippen LogP contribution in [0.4, 0.5) is 0 Å². The zero-order valence-electron chi connectivity index (χ0n) is 14.3. The summed E-state index contributed by atoms with van der Waals surface area (Å²) in [6.45, 7) is 1.77. The van der Waals surface area contributed by atoms with E-state index < -0.39 is 5.97 Å². The first-order valence-electron chi connectivity index (χ1n) is 8.82. The van der Waals surface area contributed by atoms with Crippen molar-refractivity contribution in [1.29, 1.82) is 0 Å². The molecule has 5 heteroatoms. The summed E-state index contributed by atoms with van der Waals surface area (Å²) in [5, 5.41) is 9.69. The van der Waals surface area contributed by atoms with Gasteiger partial charge in [0.15, 0.2) is 0 Å². The number of aromatic nitrogens is 1. The molecule has 1 aromatic heterocycles. The highest BCUT2D eigenvalue weighted by Gasteiger charge is 2.38. The van der Waals surface area contributed by atoms with E-state index in [1.165, 1.54) is 5.56 Å². The number of halogens is 1. The molecule has 4 nitrogen and oxygen atoms in total. The van der Waals surface area contributed by atoms with Gasteiger partial charge in [0.1, 0.15) is 5.69 Å². The van der Waals surface area contributed by atoms with Crippen LogP contribution < -0.4 is 0 Å². The Morgan fingerprint density at radius 1 is 1.19 bits per heavy atom. The third-order valence-corrected chi connectivity index (χ3v) is 5.59. The lowest BCUT2D eigenvalue weighted by Crippen LogP contribution is -2.48. The number of hydrogen-bond donors (Lipinski definition) is 1. The van der Waals surface area contributed by atoms with Gasteiger partial charge in [0.2, 0.25) is 0 Å². The minimum atomic E-state index is -0.665. The number of benzene rings is 1. The van der Waals surface area contributed by atoms with Crippen LogP contribution in [0.3, 0.4) is 0 Å². The standard InChI is InChI=1S/C21H19ClN2O2/c22-19-4-2-1-3-14(19)5-7-17-8-6-15-13-24(10-9-20(15)23-17)18-11-16(12-18)21(25)26/h1-4,6,8,16,18H,9-13H2,(H,25,26). The van der Waals surface area contributed by atoms with Crippen LogP contribution in [0.25, 0.3) is 0 Å². The molecule has 26 heavy (non-hydrogen) atoms. The Morgan fingerprint density at radius 2 is 2.00 bits per heavy atom. The Kier molecular flexibility index (Phi) is 4.67. The molecule has 0 saturated heterocycles. The highest BCUT2D eigenvalue weighted by atomic mass is 35.5. The second kappa shape index (κ2) is 7.11. The zero-order valence-corrected chi connectivity index (χ0v) is 15.0. The van der Waals surface area contributed by atoms with Gasteiger partial charge >= 0.3 is 5.97 Å². The molecular formula is C21H19ClN2O2. The molecule has 1 aliphatic heterocycles. The van der Waals surface area contributed by atoms with E-state index in [9.17, 15) is 4.79 Å². The van der Waals surface area contributed by atoms with E-state index in [0.29, 0.717) is 11.1 Å². The Labute approximate surface area is 157 Å². The van der Waals surface area contributed by atoms with E-state index in [-0.39, 0.29) is 5.92 Å². The van der Waals surface area contributed by atoms with Crippen LogP contribution in [0.5, 0.6) is 0 Å². The molecule has 0 atom stereocenters. The molecule has 1 fully saturated rings. The van der Waals surface area contributed by atoms with Crippen LogP contribution in [-0.2, 0) is 17.8 Å². The number of rotatable bonds is 2. The smallest absolute Gasteiger partial charge is 0.306 e. The van der Waals surface area contributed by atoms with E-state index in [2.05, 4.69) is 22.8 Å². The van der Waals surface area contributed by atoms with Crippen LogP contribution in [0.2, 0.25) is 5.02 Å². The summed E-state index contributed by atoms with van der Waals surface area (Å²) >= 11 is 6.14. The van der Waals surface area contributed by atoms with E-state index >= 15 is 0 Å². The van der Waals surface area contributed by atoms with Gasteiger partial charge < -0.3 is 5.11 Å². The summed E-state index contributed by atoms with van der Waals surface area (Å²) in [5.74, 6) is 5.36. The van der Waals surface area contributed by atoms with Gasteiger partial charge in [-0.25, -0.2) is 4.98 Å². The van der Waals surface area contributed by atoms with Crippen molar-refractivity contribution in [2.75, 3.05) is 6.54 Å². The predicted octanol–water partition coefficient (Wildman–Crippen LogP) is 3.36. The van der Waals surface area contributed by atoms with Crippen LogP contribution in [0, 0.1) is 17.8 Å². The quantitative estimate of drug-likeness (QED) is 0.828. The van der Waals surface area contributed by atoms with Gasteiger partial charge in [-0.15, -0.1) is 0 Å². The van der Waals surface area contributed by atoms with Gasteiger partial charge in [-0.05, 0) is 42.5 Å². The normalized spacial score (nSPS) is 21.9. The second-order valence-corrected chi connectivity index (χ2v) is 7.32. The third-order valence-electron chi connectivity index (χ3n) is 5.26. The number of carbonyl (C=O) groups is 1. The number of carboxylic acid groups (broad SMARTS) is 1. The molecule has 1 aromatic carbocycles. The van der Waals surface area contributed by atoms with Gasteiger partial charge in [0, 0.05) is 36.8 Å². The van der Waals surface area contributed by atoms with E-state index in [0.717, 1.165) is 49.3 Å². The van der Waals surface area contributed by atoms with Gasteiger partial charge in [0.05, 0.1) is 10.9 Å². The van der Waals surface area contributed by atoms with Crippen molar-refractivity contribution >= 4 is 17.6 Å². The van der Waals surface area contributed by atoms with Crippen molar-refractivity contribution in [3.63, 3.8) is 0 Å². The molecule has 2 aromatic rings. The van der Waals surface area contributed by atoms with E-state index in [4.69, 9.17) is 21.7 Å². The maximum absolute atomic E-state index is 11.0. The Balaban J connectivity index is 1.45. The molecule has 0 spiro atoms. The van der Waals surface area contributed by atoms with Crippen molar-refractivity contribution in [3.05, 3.63) is 63.9 Å². The van der Waals surface area contributed by atoms with Crippen molar-refractivity contribution in [1.82, 2.24) is 9.88 Å². The maximum atomic E-state index is 11.0. The summed E-state index contributed by atoms with van der Waals surface area (Å²) in [4.78, 5) is 18.1. The fourth-order valence-corrected chi connectivity index (χ4v) is 3.78. The lowest BCUT2D eigenvalue weighted by Gasteiger charge is -2.43. The Morgan fingerprint density at radius 3 is 2.77 bits per heavy atom. The second-order valence-electron chi connectivity index (χ2n) is 6.91. The van der Waals surface area contributed by atoms with E-state index in [1.54, 1.807) is 0 Å². The molecule has 4 rings (SSSR count). The maximum Gasteiger partial charge on any atom is 0.306 e. The summed E-state index contributed by atoms with van der Waals surface area (Å²) in [6.07, 6.45) is 2.41. The molecule has 0 amide bonds. The first kappa shape index (κ1) is 17.1. The van der Waals surface area contributed by atoms with Crippen LogP contribution in [0.1, 0.15) is 35.4 Å². The molecule has 0 radical (unpaired) electrons. The molecule has 2 heterocycles. The zero-order chi connectivity index (χ0) is 18.1. The van der Waals surface area contributed by atoms with E-state index in [1.807, 2.05) is 30.3 Å². The molecule has 2 aliphatic rings. The van der Waals surface area contributed by atoms with Crippen molar-refractivity contribution < 1.29 is 9.90 Å². The SMILES string of the molecule is O=C(O)C1CC(N2CCc3nc(C#Cc4ccccc4Cl)ccc3C2)C1. The number of aliphatic carboxylic acids is 1. The number of nitrogens with zero attached hydrogens (tertiary/aromatic N) is 2. The highest BCUT2D eigenvalue weighted by molar-refractivity contribution is 6.31. The lowest BCUT2D eigenvalue weighted by molar-refractivity contribution is -0.147. The first-order chi connectivity index (χ1) is 12.6. The van der Waals surface area contributed by atoms with Crippen LogP contribution >= 0.6 is 11.6 Å². The number of carboxylic acids is 1. The van der Waals surface area contributed by atoms with Crippen LogP contribution in [-0.4, -0.2) is 33.5 Å². The average Bonchev–Trinajstić information content (AvgIpc) is 2.59. The minimum Gasteiger partial charge on any atom is -0.481 e. The summed E-state index contributed by atoms with van der Waals surface area (Å²) in [7, 11) is 0. The third kappa shape index (κ3) is 3.46. The van der Waals surface area contributed by atoms with Gasteiger partial charge in [-0.1, -0.05) is 35.7 Å². The van der Waals surface area contributed by atoms with Crippen molar-refractivity contribution in [2.24, 2.45) is 5.92 Å². The molecule has 0 unspecified atom stereocenters. The highest BCUT2D eigenvalue weighted by Crippen LogP contribution is 2.34. The molecule has 1 aliphatic carbocycles. The summed E-state index contributed by atoms with van der Waals surface area (Å²) in [5.41, 5.74) is 3.88. The summed E-state index contributed by atoms with van der Waals surface area (Å²) in [6, 6.07) is 12.0. The number of hydrogen-bond acceptors (Lipinski definition) is 3. The topological polar surface area (TPSA) is 53.4 Å². The number of pyridine rings is 1. The average molecular weight is 367 g/mol. The fourth-order valence-electron chi connectivity index (χ4n) is 3.60. The molecule has 132 valence electrons. The molecule has 1 N–H and O–H groups in total. The van der Waals surface area contributed by atoms with Crippen molar-refractivity contribution in [3.8, 4) is 11.8 Å². The van der Waals surface area contributed by atoms with Gasteiger partial charge in [0.25, 0.3) is 0 Å². The molecular weight excluding hydrogens is 348 g/mol. The monoisotopic (exact) mass is 366 g/mol. The first-order valence-corrected chi connectivity index (χ1v) is 9.20. The Bertz CT molecular complexity index is 910. The molecule has 1 saturated carbocycles. The number of fused-ring (bicyclic) bond motifs is 1. The van der Waals surface area contributed by atoms with Crippen molar-refractivity contribution in [2.45, 2.75) is 31.8 Å². The molecule has 0 bridgehead atoms. The lowest BCUT2D eigenvalue weighted by atomic mass is 9.78.